The fraction of sp³-hybridized carbons (Fsp3) is 0.0455. The summed E-state index contributed by atoms with van der Waals surface area (Å²) in [5.74, 6) is 0.352. The molecule has 0 aliphatic carbocycles. The number of carbonyl (C=O) groups excluding carboxylic acids is 1. The van der Waals surface area contributed by atoms with Crippen LogP contribution in [0.2, 0.25) is 0 Å². The second kappa shape index (κ2) is 8.99. The Morgan fingerprint density at radius 2 is 1.66 bits per heavy atom. The van der Waals surface area contributed by atoms with Crippen LogP contribution in [0.25, 0.3) is 11.4 Å². The molecule has 0 atom stereocenters. The van der Waals surface area contributed by atoms with E-state index in [1.807, 2.05) is 78.2 Å². The number of para-hydroxylation sites is 1. The fourth-order valence-electron chi connectivity index (χ4n) is 2.59. The first kappa shape index (κ1) is 18.6. The number of benzene rings is 2. The van der Waals surface area contributed by atoms with Crippen molar-refractivity contribution in [3.05, 3.63) is 84.4 Å². The Labute approximate surface area is 172 Å². The Hall–Kier alpha value is -3.71. The summed E-state index contributed by atoms with van der Waals surface area (Å²) in [5.41, 5.74) is 3.45. The van der Waals surface area contributed by atoms with Gasteiger partial charge in [0, 0.05) is 23.0 Å². The van der Waals surface area contributed by atoms with Crippen molar-refractivity contribution in [3.8, 4) is 17.1 Å². The summed E-state index contributed by atoms with van der Waals surface area (Å²) in [6, 6.07) is 23.0. The number of nitrogens with zero attached hydrogens (tertiary/aromatic N) is 2. The summed E-state index contributed by atoms with van der Waals surface area (Å²) in [5, 5.41) is 8.42. The van der Waals surface area contributed by atoms with Crippen LogP contribution >= 0.6 is 11.3 Å². The maximum atomic E-state index is 12.1. The van der Waals surface area contributed by atoms with Crippen LogP contribution in [0.4, 0.5) is 16.5 Å². The smallest absolute Gasteiger partial charge is 0.264 e. The maximum Gasteiger partial charge on any atom is 0.264 e. The largest absolute Gasteiger partial charge is 0.484 e. The molecule has 0 saturated heterocycles. The Balaban J connectivity index is 1.28. The molecule has 0 fully saturated rings. The van der Waals surface area contributed by atoms with Crippen LogP contribution in [0.1, 0.15) is 0 Å². The molecule has 2 heterocycles. The standard InChI is InChI=1S/C22H18N4O2S/c27-21(26-22-25-20(15-29-22)19-8-4-5-13-23-19)14-28-18-11-9-17(10-12-18)24-16-6-2-1-3-7-16/h1-13,15,24H,14H2,(H,25,26,27). The molecule has 29 heavy (non-hydrogen) atoms. The zero-order valence-corrected chi connectivity index (χ0v) is 16.2. The number of amides is 1. The summed E-state index contributed by atoms with van der Waals surface area (Å²) in [6.07, 6.45) is 1.71. The normalized spacial score (nSPS) is 10.3. The highest BCUT2D eigenvalue weighted by atomic mass is 32.1. The second-order valence-corrected chi connectivity index (χ2v) is 6.96. The van der Waals surface area contributed by atoms with E-state index in [0.717, 1.165) is 22.8 Å². The molecule has 0 spiro atoms. The van der Waals surface area contributed by atoms with E-state index in [0.29, 0.717) is 10.9 Å². The van der Waals surface area contributed by atoms with Crippen LogP contribution in [0.5, 0.6) is 5.75 Å². The number of nitrogens with one attached hydrogen (secondary N) is 2. The lowest BCUT2D eigenvalue weighted by Crippen LogP contribution is -2.20. The van der Waals surface area contributed by atoms with Gasteiger partial charge in [-0.25, -0.2) is 4.98 Å². The number of rotatable bonds is 7. The molecule has 2 aromatic heterocycles. The lowest BCUT2D eigenvalue weighted by molar-refractivity contribution is -0.118. The number of carbonyl (C=O) groups is 1. The van der Waals surface area contributed by atoms with Crippen LogP contribution in [0.3, 0.4) is 0 Å². The molecule has 0 aliphatic heterocycles. The van der Waals surface area contributed by atoms with E-state index in [4.69, 9.17) is 4.74 Å². The van der Waals surface area contributed by atoms with Gasteiger partial charge in [0.15, 0.2) is 11.7 Å². The first-order valence-corrected chi connectivity index (χ1v) is 9.86. The van der Waals surface area contributed by atoms with Crippen LogP contribution in [0.15, 0.2) is 84.4 Å². The first-order chi connectivity index (χ1) is 14.3. The van der Waals surface area contributed by atoms with Gasteiger partial charge in [-0.05, 0) is 48.5 Å². The molecule has 0 aliphatic rings. The number of ether oxygens (including phenoxy) is 1. The van der Waals surface area contributed by atoms with Gasteiger partial charge in [0.2, 0.25) is 0 Å². The molecule has 0 radical (unpaired) electrons. The molecule has 7 heteroatoms. The van der Waals surface area contributed by atoms with Gasteiger partial charge < -0.3 is 10.1 Å². The van der Waals surface area contributed by atoms with Crippen LogP contribution in [-0.4, -0.2) is 22.5 Å². The minimum absolute atomic E-state index is 0.0933. The van der Waals surface area contributed by atoms with Gasteiger partial charge >= 0.3 is 0 Å². The van der Waals surface area contributed by atoms with Gasteiger partial charge in [0.25, 0.3) is 5.91 Å². The molecule has 2 N–H and O–H groups in total. The van der Waals surface area contributed by atoms with Gasteiger partial charge in [-0.2, -0.15) is 0 Å². The third-order valence-corrected chi connectivity index (χ3v) is 4.72. The molecule has 4 rings (SSSR count). The van der Waals surface area contributed by atoms with Crippen molar-refractivity contribution in [2.45, 2.75) is 0 Å². The van der Waals surface area contributed by atoms with Crippen molar-refractivity contribution in [3.63, 3.8) is 0 Å². The number of pyridine rings is 1. The fourth-order valence-corrected chi connectivity index (χ4v) is 3.31. The minimum atomic E-state index is -0.265. The van der Waals surface area contributed by atoms with E-state index in [-0.39, 0.29) is 12.5 Å². The average Bonchev–Trinajstić information content (AvgIpc) is 3.23. The Morgan fingerprint density at radius 1 is 0.897 bits per heavy atom. The summed E-state index contributed by atoms with van der Waals surface area (Å²) >= 11 is 1.35. The highest BCUT2D eigenvalue weighted by molar-refractivity contribution is 7.14. The summed E-state index contributed by atoms with van der Waals surface area (Å²) in [4.78, 5) is 20.8. The van der Waals surface area contributed by atoms with Gasteiger partial charge in [-0.3, -0.25) is 15.1 Å². The molecule has 0 unspecified atom stereocenters. The van der Waals surface area contributed by atoms with E-state index >= 15 is 0 Å². The molecule has 4 aromatic rings. The van der Waals surface area contributed by atoms with Gasteiger partial charge in [0.05, 0.1) is 5.69 Å². The van der Waals surface area contributed by atoms with Crippen LogP contribution in [-0.2, 0) is 4.79 Å². The van der Waals surface area contributed by atoms with Crippen LogP contribution in [0, 0.1) is 0 Å². The Kier molecular flexibility index (Phi) is 5.78. The van der Waals surface area contributed by atoms with Crippen molar-refractivity contribution >= 4 is 33.8 Å². The van der Waals surface area contributed by atoms with E-state index in [9.17, 15) is 4.79 Å². The predicted molar refractivity (Wildman–Crippen MR) is 116 cm³/mol. The van der Waals surface area contributed by atoms with Crippen molar-refractivity contribution in [2.24, 2.45) is 0 Å². The van der Waals surface area contributed by atoms with E-state index in [1.165, 1.54) is 11.3 Å². The topological polar surface area (TPSA) is 76.1 Å². The SMILES string of the molecule is O=C(COc1ccc(Nc2ccccc2)cc1)Nc1nc(-c2ccccn2)cs1. The van der Waals surface area contributed by atoms with Crippen molar-refractivity contribution < 1.29 is 9.53 Å². The lowest BCUT2D eigenvalue weighted by Gasteiger charge is -2.09. The monoisotopic (exact) mass is 402 g/mol. The number of anilines is 3. The number of hydrogen-bond donors (Lipinski definition) is 2. The van der Waals surface area contributed by atoms with Gasteiger partial charge in [-0.15, -0.1) is 11.3 Å². The van der Waals surface area contributed by atoms with Gasteiger partial charge in [0.1, 0.15) is 11.4 Å². The van der Waals surface area contributed by atoms with Gasteiger partial charge in [-0.1, -0.05) is 24.3 Å². The molecule has 2 aromatic carbocycles. The van der Waals surface area contributed by atoms with Crippen molar-refractivity contribution in [1.29, 1.82) is 0 Å². The minimum Gasteiger partial charge on any atom is -0.484 e. The molecular formula is C22H18N4O2S. The van der Waals surface area contributed by atoms with Crippen molar-refractivity contribution in [2.75, 3.05) is 17.2 Å². The highest BCUT2D eigenvalue weighted by Gasteiger charge is 2.09. The van der Waals surface area contributed by atoms with E-state index < -0.39 is 0 Å². The first-order valence-electron chi connectivity index (χ1n) is 8.98. The molecule has 0 saturated carbocycles. The average molecular weight is 402 g/mol. The van der Waals surface area contributed by atoms with E-state index in [1.54, 1.807) is 6.20 Å². The molecule has 0 bridgehead atoms. The number of aromatic nitrogens is 2. The zero-order chi connectivity index (χ0) is 19.9. The Bertz CT molecular complexity index is 1070. The quantitative estimate of drug-likeness (QED) is 0.457. The lowest BCUT2D eigenvalue weighted by atomic mass is 10.2. The summed E-state index contributed by atoms with van der Waals surface area (Å²) < 4.78 is 5.56. The van der Waals surface area contributed by atoms with E-state index in [2.05, 4.69) is 20.6 Å². The third-order valence-electron chi connectivity index (χ3n) is 3.96. The number of hydrogen-bond acceptors (Lipinski definition) is 6. The zero-order valence-electron chi connectivity index (χ0n) is 15.4. The maximum absolute atomic E-state index is 12.1. The Morgan fingerprint density at radius 3 is 2.41 bits per heavy atom. The molecule has 1 amide bonds. The second-order valence-electron chi connectivity index (χ2n) is 6.11. The summed E-state index contributed by atoms with van der Waals surface area (Å²) in [7, 11) is 0. The highest BCUT2D eigenvalue weighted by Crippen LogP contribution is 2.23. The predicted octanol–water partition coefficient (Wildman–Crippen LogP) is 4.97. The third kappa shape index (κ3) is 5.18. The summed E-state index contributed by atoms with van der Waals surface area (Å²) in [6.45, 7) is -0.0933. The number of thiazole rings is 1. The van der Waals surface area contributed by atoms with Crippen LogP contribution < -0.4 is 15.4 Å². The van der Waals surface area contributed by atoms with Crippen molar-refractivity contribution in [1.82, 2.24) is 9.97 Å². The molecular weight excluding hydrogens is 384 g/mol. The molecule has 6 nitrogen and oxygen atoms in total. The molecule has 144 valence electrons.